The minimum atomic E-state index is -0.584. The van der Waals surface area contributed by atoms with E-state index in [0.29, 0.717) is 22.4 Å². The molecule has 0 bridgehead atoms. The molecule has 7 heteroatoms. The first-order valence-corrected chi connectivity index (χ1v) is 8.39. The highest BCUT2D eigenvalue weighted by atomic mass is 16.4. The van der Waals surface area contributed by atoms with Gasteiger partial charge in [0.1, 0.15) is 6.54 Å². The maximum absolute atomic E-state index is 12.3. The van der Waals surface area contributed by atoms with Crippen LogP contribution in [0.4, 0.5) is 5.69 Å². The van der Waals surface area contributed by atoms with Crippen molar-refractivity contribution in [1.29, 1.82) is 0 Å². The van der Waals surface area contributed by atoms with E-state index in [4.69, 9.17) is 4.42 Å². The summed E-state index contributed by atoms with van der Waals surface area (Å²) in [6.07, 6.45) is 2.02. The van der Waals surface area contributed by atoms with Gasteiger partial charge >= 0.3 is 5.76 Å². The minimum absolute atomic E-state index is 0.152. The number of nitrogens with one attached hydrogen (secondary N) is 2. The lowest BCUT2D eigenvalue weighted by atomic mass is 10.2. The van der Waals surface area contributed by atoms with Crippen LogP contribution in [0.25, 0.3) is 11.1 Å². The van der Waals surface area contributed by atoms with E-state index in [-0.39, 0.29) is 24.4 Å². The number of hydrogen-bond acceptors (Lipinski definition) is 4. The van der Waals surface area contributed by atoms with Gasteiger partial charge in [0, 0.05) is 17.3 Å². The average molecular weight is 351 g/mol. The third kappa shape index (κ3) is 3.37. The zero-order chi connectivity index (χ0) is 18.1. The van der Waals surface area contributed by atoms with E-state index in [1.165, 1.54) is 4.57 Å². The molecule has 2 N–H and O–H groups in total. The molecule has 132 valence electrons. The van der Waals surface area contributed by atoms with Gasteiger partial charge in [0.25, 0.3) is 5.91 Å². The molecule has 0 radical (unpaired) electrons. The molecule has 1 aromatic heterocycles. The van der Waals surface area contributed by atoms with Gasteiger partial charge in [-0.25, -0.2) is 4.79 Å². The Bertz CT molecular complexity index is 1050. The molecule has 0 saturated heterocycles. The lowest BCUT2D eigenvalue weighted by molar-refractivity contribution is -0.116. The molecule has 1 saturated carbocycles. The lowest BCUT2D eigenvalue weighted by Crippen LogP contribution is -2.26. The van der Waals surface area contributed by atoms with Crippen molar-refractivity contribution in [2.24, 2.45) is 0 Å². The topological polar surface area (TPSA) is 93.3 Å². The van der Waals surface area contributed by atoms with Crippen molar-refractivity contribution in [1.82, 2.24) is 9.88 Å². The average Bonchev–Trinajstić information content (AvgIpc) is 3.39. The molecule has 1 fully saturated rings. The summed E-state index contributed by atoms with van der Waals surface area (Å²) in [6.45, 7) is -0.172. The zero-order valence-corrected chi connectivity index (χ0v) is 13.9. The van der Waals surface area contributed by atoms with Crippen molar-refractivity contribution < 1.29 is 14.0 Å². The standard InChI is InChI=1S/C19H17N3O4/c23-17(11-22-15-6-1-2-7-16(15)26-19(22)25)20-14-5-3-4-12(10-14)18(24)21-13-8-9-13/h1-7,10,13H,8-9,11H2,(H,20,23)(H,21,24). The third-order valence-electron chi connectivity index (χ3n) is 4.20. The molecule has 1 heterocycles. The SMILES string of the molecule is O=C(Cn1c(=O)oc2ccccc21)Nc1cccc(C(=O)NC2CC2)c1. The number of carbonyl (C=O) groups is 2. The first kappa shape index (κ1) is 16.1. The molecule has 1 aliphatic carbocycles. The van der Waals surface area contributed by atoms with Gasteiger partial charge in [0.2, 0.25) is 5.91 Å². The molecule has 0 spiro atoms. The summed E-state index contributed by atoms with van der Waals surface area (Å²) in [5.74, 6) is -1.11. The maximum Gasteiger partial charge on any atom is 0.420 e. The molecule has 0 atom stereocenters. The molecule has 3 aromatic rings. The van der Waals surface area contributed by atoms with Crippen molar-refractivity contribution >= 4 is 28.6 Å². The number of benzene rings is 2. The Labute approximate surface area is 148 Å². The number of nitrogens with zero attached hydrogens (tertiary/aromatic N) is 1. The fourth-order valence-corrected chi connectivity index (χ4v) is 2.74. The van der Waals surface area contributed by atoms with E-state index < -0.39 is 5.76 Å². The number of amides is 2. The molecule has 0 unspecified atom stereocenters. The van der Waals surface area contributed by atoms with Gasteiger partial charge in [-0.15, -0.1) is 0 Å². The highest BCUT2D eigenvalue weighted by molar-refractivity contribution is 5.97. The monoisotopic (exact) mass is 351 g/mol. The second kappa shape index (κ2) is 6.51. The Morgan fingerprint density at radius 3 is 2.73 bits per heavy atom. The second-order valence-electron chi connectivity index (χ2n) is 6.30. The van der Waals surface area contributed by atoms with Crippen LogP contribution in [-0.4, -0.2) is 22.4 Å². The van der Waals surface area contributed by atoms with Gasteiger partial charge in [0.05, 0.1) is 5.52 Å². The van der Waals surface area contributed by atoms with Crippen LogP contribution in [0, 0.1) is 0 Å². The number of fused-ring (bicyclic) bond motifs is 1. The van der Waals surface area contributed by atoms with E-state index >= 15 is 0 Å². The summed E-state index contributed by atoms with van der Waals surface area (Å²) in [6, 6.07) is 13.9. The predicted octanol–water partition coefficient (Wildman–Crippen LogP) is 2.13. The highest BCUT2D eigenvalue weighted by Crippen LogP contribution is 2.20. The number of oxazole rings is 1. The Morgan fingerprint density at radius 2 is 1.92 bits per heavy atom. The molecule has 2 aromatic carbocycles. The number of hydrogen-bond donors (Lipinski definition) is 2. The van der Waals surface area contributed by atoms with Gasteiger partial charge in [0.15, 0.2) is 5.58 Å². The van der Waals surface area contributed by atoms with Crippen molar-refractivity contribution in [3.8, 4) is 0 Å². The Hall–Kier alpha value is -3.35. The summed E-state index contributed by atoms with van der Waals surface area (Å²) >= 11 is 0. The molecule has 1 aliphatic rings. The van der Waals surface area contributed by atoms with Crippen LogP contribution in [0.3, 0.4) is 0 Å². The first-order valence-electron chi connectivity index (χ1n) is 8.39. The van der Waals surface area contributed by atoms with Crippen molar-refractivity contribution in [2.75, 3.05) is 5.32 Å². The highest BCUT2D eigenvalue weighted by Gasteiger charge is 2.23. The van der Waals surface area contributed by atoms with Gasteiger partial charge < -0.3 is 15.1 Å². The van der Waals surface area contributed by atoms with Gasteiger partial charge in [-0.05, 0) is 43.2 Å². The summed E-state index contributed by atoms with van der Waals surface area (Å²) in [5, 5.41) is 5.62. The summed E-state index contributed by atoms with van der Waals surface area (Å²) < 4.78 is 6.39. The lowest BCUT2D eigenvalue weighted by Gasteiger charge is -2.08. The summed E-state index contributed by atoms with van der Waals surface area (Å²) in [4.78, 5) is 36.4. The molecule has 0 aliphatic heterocycles. The molecular weight excluding hydrogens is 334 g/mol. The van der Waals surface area contributed by atoms with Crippen LogP contribution in [0.2, 0.25) is 0 Å². The number of aromatic nitrogens is 1. The Morgan fingerprint density at radius 1 is 1.12 bits per heavy atom. The van der Waals surface area contributed by atoms with Gasteiger partial charge in [-0.1, -0.05) is 18.2 Å². The smallest absolute Gasteiger partial charge is 0.408 e. The zero-order valence-electron chi connectivity index (χ0n) is 13.9. The maximum atomic E-state index is 12.3. The Kier molecular flexibility index (Phi) is 4.04. The number of rotatable bonds is 5. The third-order valence-corrected chi connectivity index (χ3v) is 4.20. The predicted molar refractivity (Wildman–Crippen MR) is 96.0 cm³/mol. The fraction of sp³-hybridized carbons (Fsp3) is 0.211. The fourth-order valence-electron chi connectivity index (χ4n) is 2.74. The van der Waals surface area contributed by atoms with E-state index in [1.54, 1.807) is 48.5 Å². The molecule has 2 amide bonds. The number of carbonyl (C=O) groups excluding carboxylic acids is 2. The van der Waals surface area contributed by atoms with E-state index in [2.05, 4.69) is 10.6 Å². The minimum Gasteiger partial charge on any atom is -0.408 e. The molecular formula is C19H17N3O4. The number of anilines is 1. The molecule has 7 nitrogen and oxygen atoms in total. The summed E-state index contributed by atoms with van der Waals surface area (Å²) in [5.41, 5.74) is 1.98. The van der Waals surface area contributed by atoms with Crippen LogP contribution in [0.15, 0.2) is 57.7 Å². The Balaban J connectivity index is 1.48. The van der Waals surface area contributed by atoms with Crippen molar-refractivity contribution in [3.63, 3.8) is 0 Å². The van der Waals surface area contributed by atoms with Crippen molar-refractivity contribution in [3.05, 3.63) is 64.6 Å². The second-order valence-corrected chi connectivity index (χ2v) is 6.30. The van der Waals surface area contributed by atoms with Crippen LogP contribution in [0.5, 0.6) is 0 Å². The van der Waals surface area contributed by atoms with Crippen molar-refractivity contribution in [2.45, 2.75) is 25.4 Å². The van der Waals surface area contributed by atoms with E-state index in [0.717, 1.165) is 12.8 Å². The van der Waals surface area contributed by atoms with Crippen LogP contribution < -0.4 is 16.4 Å². The summed E-state index contributed by atoms with van der Waals surface area (Å²) in [7, 11) is 0. The largest absolute Gasteiger partial charge is 0.420 e. The van der Waals surface area contributed by atoms with Crippen LogP contribution in [-0.2, 0) is 11.3 Å². The normalized spacial score (nSPS) is 13.5. The van der Waals surface area contributed by atoms with Gasteiger partial charge in [-0.3, -0.25) is 14.2 Å². The van der Waals surface area contributed by atoms with E-state index in [1.807, 2.05) is 0 Å². The van der Waals surface area contributed by atoms with E-state index in [9.17, 15) is 14.4 Å². The van der Waals surface area contributed by atoms with Crippen LogP contribution >= 0.6 is 0 Å². The first-order chi connectivity index (χ1) is 12.6. The van der Waals surface area contributed by atoms with Gasteiger partial charge in [-0.2, -0.15) is 0 Å². The molecule has 26 heavy (non-hydrogen) atoms. The molecule has 4 rings (SSSR count). The van der Waals surface area contributed by atoms with Crippen LogP contribution in [0.1, 0.15) is 23.2 Å². The number of para-hydroxylation sites is 2. The quantitative estimate of drug-likeness (QED) is 0.736.